The zero-order valence-corrected chi connectivity index (χ0v) is 19.7. The number of carbonyl (C=O) groups is 2. The van der Waals surface area contributed by atoms with Gasteiger partial charge in [-0.2, -0.15) is 0 Å². The summed E-state index contributed by atoms with van der Waals surface area (Å²) >= 11 is 7.59. The van der Waals surface area contributed by atoms with Gasteiger partial charge in [0.2, 0.25) is 5.91 Å². The van der Waals surface area contributed by atoms with Crippen molar-refractivity contribution in [1.82, 2.24) is 9.80 Å². The minimum absolute atomic E-state index is 0.0229. The van der Waals surface area contributed by atoms with Crippen molar-refractivity contribution in [3.05, 3.63) is 106 Å². The molecule has 1 atom stereocenters. The molecule has 3 aromatic rings. The van der Waals surface area contributed by atoms with E-state index in [9.17, 15) is 9.59 Å². The number of carbonyl (C=O) groups excluding carboxylic acids is 2. The van der Waals surface area contributed by atoms with Gasteiger partial charge in [0.1, 0.15) is 5.37 Å². The van der Waals surface area contributed by atoms with E-state index >= 15 is 0 Å². The standard InChI is InChI=1S/C26H25ClN2O2S/c1-18-3-5-19(6-4-18)15-28(2)25(31)21-9-11-22(12-10-21)26-29(24(30)17-32-26)16-20-7-13-23(27)14-8-20/h3-14,26H,15-17H2,1-2H3/t26-/m1/s1. The topological polar surface area (TPSA) is 40.6 Å². The third-order valence-corrected chi connectivity index (χ3v) is 7.07. The lowest BCUT2D eigenvalue weighted by Gasteiger charge is -2.25. The molecule has 0 aliphatic carbocycles. The smallest absolute Gasteiger partial charge is 0.253 e. The Balaban J connectivity index is 1.44. The third-order valence-electron chi connectivity index (χ3n) is 5.56. The summed E-state index contributed by atoms with van der Waals surface area (Å²) < 4.78 is 0. The number of rotatable bonds is 6. The molecule has 1 fully saturated rings. The molecule has 1 saturated heterocycles. The van der Waals surface area contributed by atoms with Crippen LogP contribution in [0.3, 0.4) is 0 Å². The van der Waals surface area contributed by atoms with Crippen molar-refractivity contribution in [2.24, 2.45) is 0 Å². The second-order valence-corrected chi connectivity index (χ2v) is 9.59. The van der Waals surface area contributed by atoms with Crippen LogP contribution in [0, 0.1) is 6.92 Å². The van der Waals surface area contributed by atoms with Crippen molar-refractivity contribution in [2.75, 3.05) is 12.8 Å². The number of thioether (sulfide) groups is 1. The van der Waals surface area contributed by atoms with E-state index in [1.165, 1.54) is 5.56 Å². The van der Waals surface area contributed by atoms with Crippen molar-refractivity contribution in [2.45, 2.75) is 25.4 Å². The van der Waals surface area contributed by atoms with Crippen LogP contribution in [-0.4, -0.2) is 34.4 Å². The molecule has 0 aromatic heterocycles. The molecule has 0 N–H and O–H groups in total. The Morgan fingerprint density at radius 2 is 1.62 bits per heavy atom. The maximum absolute atomic E-state index is 12.9. The van der Waals surface area contributed by atoms with Gasteiger partial charge in [-0.3, -0.25) is 9.59 Å². The van der Waals surface area contributed by atoms with E-state index in [-0.39, 0.29) is 17.2 Å². The first-order valence-electron chi connectivity index (χ1n) is 10.5. The average Bonchev–Trinajstić information content (AvgIpc) is 3.16. The van der Waals surface area contributed by atoms with E-state index in [0.717, 1.165) is 16.7 Å². The van der Waals surface area contributed by atoms with Gasteiger partial charge in [-0.05, 0) is 47.9 Å². The van der Waals surface area contributed by atoms with Gasteiger partial charge in [0.15, 0.2) is 0 Å². The molecule has 4 rings (SSSR count). The number of aryl methyl sites for hydroxylation is 1. The first kappa shape index (κ1) is 22.4. The number of amides is 2. The largest absolute Gasteiger partial charge is 0.337 e. The number of hydrogen-bond donors (Lipinski definition) is 0. The molecule has 0 saturated carbocycles. The van der Waals surface area contributed by atoms with Crippen LogP contribution in [0.25, 0.3) is 0 Å². The Bertz CT molecular complexity index is 1100. The van der Waals surface area contributed by atoms with Crippen molar-refractivity contribution in [3.8, 4) is 0 Å². The normalized spacial score (nSPS) is 15.8. The molecule has 0 unspecified atom stereocenters. The molecule has 0 bridgehead atoms. The van der Waals surface area contributed by atoms with Crippen LogP contribution in [0.2, 0.25) is 5.02 Å². The molecular formula is C26H25ClN2O2S. The van der Waals surface area contributed by atoms with Gasteiger partial charge in [-0.1, -0.05) is 65.7 Å². The number of hydrogen-bond acceptors (Lipinski definition) is 3. The summed E-state index contributed by atoms with van der Waals surface area (Å²) in [5.41, 5.74) is 5.00. The van der Waals surface area contributed by atoms with Gasteiger partial charge >= 0.3 is 0 Å². The van der Waals surface area contributed by atoms with Crippen LogP contribution in [0.5, 0.6) is 0 Å². The fraction of sp³-hybridized carbons (Fsp3) is 0.231. The summed E-state index contributed by atoms with van der Waals surface area (Å²) in [5, 5.41) is 0.618. The van der Waals surface area contributed by atoms with Crippen LogP contribution in [0.15, 0.2) is 72.8 Å². The second-order valence-electron chi connectivity index (χ2n) is 8.08. The first-order chi connectivity index (χ1) is 15.4. The summed E-state index contributed by atoms with van der Waals surface area (Å²) in [6.07, 6.45) is 0. The van der Waals surface area contributed by atoms with Crippen molar-refractivity contribution in [1.29, 1.82) is 0 Å². The van der Waals surface area contributed by atoms with Gasteiger partial charge in [0.05, 0.1) is 5.75 Å². The van der Waals surface area contributed by atoms with Crippen LogP contribution in [-0.2, 0) is 17.9 Å². The molecule has 1 aliphatic heterocycles. The van der Waals surface area contributed by atoms with E-state index in [2.05, 4.69) is 12.1 Å². The summed E-state index contributed by atoms with van der Waals surface area (Å²) in [6, 6.07) is 23.4. The monoisotopic (exact) mass is 464 g/mol. The van der Waals surface area contributed by atoms with Gasteiger partial charge in [-0.15, -0.1) is 11.8 Å². The molecule has 4 nitrogen and oxygen atoms in total. The van der Waals surface area contributed by atoms with Gasteiger partial charge in [0.25, 0.3) is 5.91 Å². The van der Waals surface area contributed by atoms with Crippen molar-refractivity contribution in [3.63, 3.8) is 0 Å². The van der Waals surface area contributed by atoms with E-state index in [4.69, 9.17) is 11.6 Å². The van der Waals surface area contributed by atoms with E-state index < -0.39 is 0 Å². The molecule has 6 heteroatoms. The Kier molecular flexibility index (Phi) is 6.87. The van der Waals surface area contributed by atoms with E-state index in [1.807, 2.05) is 79.5 Å². The fourth-order valence-electron chi connectivity index (χ4n) is 3.74. The van der Waals surface area contributed by atoms with E-state index in [1.54, 1.807) is 16.7 Å². The predicted octanol–water partition coefficient (Wildman–Crippen LogP) is 5.69. The Labute approximate surface area is 198 Å². The minimum Gasteiger partial charge on any atom is -0.337 e. The molecule has 0 spiro atoms. The Hall–Kier alpha value is -2.76. The highest BCUT2D eigenvalue weighted by Gasteiger charge is 2.32. The van der Waals surface area contributed by atoms with Crippen molar-refractivity contribution < 1.29 is 9.59 Å². The lowest BCUT2D eigenvalue weighted by molar-refractivity contribution is -0.128. The highest BCUT2D eigenvalue weighted by Crippen LogP contribution is 2.39. The fourth-order valence-corrected chi connectivity index (χ4v) is 5.05. The zero-order valence-electron chi connectivity index (χ0n) is 18.1. The quantitative estimate of drug-likeness (QED) is 0.470. The molecule has 0 radical (unpaired) electrons. The summed E-state index contributed by atoms with van der Waals surface area (Å²) in [7, 11) is 1.81. The van der Waals surface area contributed by atoms with Crippen LogP contribution in [0.4, 0.5) is 0 Å². The Morgan fingerprint density at radius 3 is 2.28 bits per heavy atom. The maximum Gasteiger partial charge on any atom is 0.253 e. The molecule has 1 aliphatic rings. The van der Waals surface area contributed by atoms with Gasteiger partial charge in [0, 0.05) is 30.7 Å². The number of halogens is 1. The van der Waals surface area contributed by atoms with Gasteiger partial charge < -0.3 is 9.80 Å². The molecule has 164 valence electrons. The lowest BCUT2D eigenvalue weighted by Crippen LogP contribution is -2.28. The van der Waals surface area contributed by atoms with E-state index in [0.29, 0.717) is 29.4 Å². The summed E-state index contributed by atoms with van der Waals surface area (Å²) in [4.78, 5) is 29.0. The van der Waals surface area contributed by atoms with Crippen LogP contribution in [0.1, 0.15) is 38.0 Å². The zero-order chi connectivity index (χ0) is 22.7. The second kappa shape index (κ2) is 9.80. The molecule has 32 heavy (non-hydrogen) atoms. The molecule has 3 aromatic carbocycles. The minimum atomic E-state index is -0.0624. The van der Waals surface area contributed by atoms with Gasteiger partial charge in [-0.25, -0.2) is 0 Å². The predicted molar refractivity (Wildman–Crippen MR) is 131 cm³/mol. The third kappa shape index (κ3) is 5.17. The highest BCUT2D eigenvalue weighted by molar-refractivity contribution is 8.00. The highest BCUT2D eigenvalue weighted by atomic mass is 35.5. The summed E-state index contributed by atoms with van der Waals surface area (Å²) in [5.74, 6) is 0.552. The molecule has 1 heterocycles. The van der Waals surface area contributed by atoms with Crippen LogP contribution >= 0.6 is 23.4 Å². The number of nitrogens with zero attached hydrogens (tertiary/aromatic N) is 2. The van der Waals surface area contributed by atoms with Crippen LogP contribution < -0.4 is 0 Å². The Morgan fingerprint density at radius 1 is 1.00 bits per heavy atom. The number of benzene rings is 3. The SMILES string of the molecule is Cc1ccc(CN(C)C(=O)c2ccc([C@H]3SCC(=O)N3Cc3ccc(Cl)cc3)cc2)cc1. The molecule has 2 amide bonds. The lowest BCUT2D eigenvalue weighted by atomic mass is 10.1. The molecular weight excluding hydrogens is 440 g/mol. The first-order valence-corrected chi connectivity index (χ1v) is 11.9. The summed E-state index contributed by atoms with van der Waals surface area (Å²) in [6.45, 7) is 3.14. The average molecular weight is 465 g/mol. The maximum atomic E-state index is 12.9. The van der Waals surface area contributed by atoms with Crippen molar-refractivity contribution >= 4 is 35.2 Å².